The van der Waals surface area contributed by atoms with Crippen molar-refractivity contribution in [2.45, 2.75) is 25.3 Å². The molecule has 18 heavy (non-hydrogen) atoms. The normalized spacial score (nSPS) is 20.9. The van der Waals surface area contributed by atoms with Crippen molar-refractivity contribution in [2.24, 2.45) is 0 Å². The predicted octanol–water partition coefficient (Wildman–Crippen LogP) is 1.39. The van der Waals surface area contributed by atoms with E-state index < -0.39 is 0 Å². The molecular weight excluding hydrogens is 252 g/mol. The van der Waals surface area contributed by atoms with E-state index in [1.165, 1.54) is 12.8 Å². The zero-order valence-electron chi connectivity index (χ0n) is 10.3. The van der Waals surface area contributed by atoms with E-state index in [9.17, 15) is 0 Å². The minimum Gasteiger partial charge on any atom is -0.395 e. The summed E-state index contributed by atoms with van der Waals surface area (Å²) in [5.74, 6) is 0.744. The molecule has 0 spiro atoms. The summed E-state index contributed by atoms with van der Waals surface area (Å²) in [6, 6.07) is 4.01. The molecule has 2 heterocycles. The van der Waals surface area contributed by atoms with E-state index >= 15 is 0 Å². The second kappa shape index (κ2) is 6.87. The van der Waals surface area contributed by atoms with Gasteiger partial charge in [-0.1, -0.05) is 18.0 Å². The lowest BCUT2D eigenvalue weighted by Crippen LogP contribution is -2.44. The molecule has 1 aliphatic heterocycles. The highest BCUT2D eigenvalue weighted by Gasteiger charge is 2.21. The molecule has 1 aromatic heterocycles. The van der Waals surface area contributed by atoms with Crippen molar-refractivity contribution in [1.82, 2.24) is 15.1 Å². The molecule has 2 N–H and O–H groups in total. The minimum atomic E-state index is 0.219. The van der Waals surface area contributed by atoms with Crippen LogP contribution in [0.1, 0.15) is 19.3 Å². The summed E-state index contributed by atoms with van der Waals surface area (Å²) in [5.41, 5.74) is 0. The second-order valence-electron chi connectivity index (χ2n) is 4.53. The number of nitrogens with one attached hydrogen (secondary N) is 1. The fourth-order valence-electron chi connectivity index (χ4n) is 2.35. The fraction of sp³-hybridized carbons (Fsp3) is 0.667. The number of halogens is 1. The number of aliphatic hydroxyl groups excluding tert-OH is 1. The lowest BCUT2D eigenvalue weighted by Gasteiger charge is -2.35. The average Bonchev–Trinajstić information content (AvgIpc) is 2.40. The number of aromatic nitrogens is 2. The number of rotatable bonds is 5. The first-order valence-electron chi connectivity index (χ1n) is 6.37. The summed E-state index contributed by atoms with van der Waals surface area (Å²) in [7, 11) is 0. The van der Waals surface area contributed by atoms with Crippen LogP contribution < -0.4 is 5.32 Å². The Hall–Kier alpha value is -0.910. The van der Waals surface area contributed by atoms with Crippen LogP contribution in [0.3, 0.4) is 0 Å². The van der Waals surface area contributed by atoms with Crippen LogP contribution in [0.4, 0.5) is 5.82 Å². The van der Waals surface area contributed by atoms with E-state index in [-0.39, 0.29) is 6.61 Å². The van der Waals surface area contributed by atoms with Gasteiger partial charge in [0.2, 0.25) is 0 Å². The van der Waals surface area contributed by atoms with Gasteiger partial charge < -0.3 is 10.4 Å². The summed E-state index contributed by atoms with van der Waals surface area (Å²) in [6.45, 7) is 2.87. The zero-order valence-corrected chi connectivity index (χ0v) is 11.1. The van der Waals surface area contributed by atoms with Crippen LogP contribution in [0, 0.1) is 0 Å². The van der Waals surface area contributed by atoms with Gasteiger partial charge in [0.05, 0.1) is 6.61 Å². The van der Waals surface area contributed by atoms with Crippen LogP contribution in [0.15, 0.2) is 12.1 Å². The molecule has 1 aromatic rings. The first-order valence-corrected chi connectivity index (χ1v) is 6.75. The van der Waals surface area contributed by atoms with E-state index in [4.69, 9.17) is 16.7 Å². The summed E-state index contributed by atoms with van der Waals surface area (Å²) in [5, 5.41) is 20.5. The molecule has 6 heteroatoms. The molecule has 1 saturated heterocycles. The maximum Gasteiger partial charge on any atom is 0.151 e. The predicted molar refractivity (Wildman–Crippen MR) is 71.8 cm³/mol. The third-order valence-corrected chi connectivity index (χ3v) is 3.49. The molecule has 0 unspecified atom stereocenters. The van der Waals surface area contributed by atoms with Gasteiger partial charge in [0, 0.05) is 19.1 Å². The molecular formula is C12H19ClN4O. The molecule has 1 atom stereocenters. The maximum atomic E-state index is 9.05. The van der Waals surface area contributed by atoms with Gasteiger partial charge in [-0.15, -0.1) is 10.2 Å². The van der Waals surface area contributed by atoms with Crippen molar-refractivity contribution in [2.75, 3.05) is 31.6 Å². The third kappa shape index (κ3) is 3.80. The summed E-state index contributed by atoms with van der Waals surface area (Å²) >= 11 is 5.69. The molecule has 0 bridgehead atoms. The summed E-state index contributed by atoms with van der Waals surface area (Å²) in [6.07, 6.45) is 3.63. The molecule has 0 aliphatic carbocycles. The largest absolute Gasteiger partial charge is 0.395 e. The Kier molecular flexibility index (Phi) is 5.16. The Balaban J connectivity index is 1.85. The van der Waals surface area contributed by atoms with Gasteiger partial charge in [-0.05, 0) is 31.5 Å². The van der Waals surface area contributed by atoms with E-state index in [0.717, 1.165) is 31.9 Å². The minimum absolute atomic E-state index is 0.219. The van der Waals surface area contributed by atoms with Crippen LogP contribution in [-0.2, 0) is 0 Å². The van der Waals surface area contributed by atoms with E-state index in [0.29, 0.717) is 11.2 Å². The molecule has 2 rings (SSSR count). The highest BCUT2D eigenvalue weighted by molar-refractivity contribution is 6.29. The molecule has 0 radical (unpaired) electrons. The number of anilines is 1. The van der Waals surface area contributed by atoms with Gasteiger partial charge in [-0.25, -0.2) is 0 Å². The zero-order chi connectivity index (χ0) is 12.8. The molecule has 1 aliphatic rings. The number of hydrogen-bond donors (Lipinski definition) is 2. The maximum absolute atomic E-state index is 9.05. The van der Waals surface area contributed by atoms with Crippen molar-refractivity contribution in [3.8, 4) is 0 Å². The highest BCUT2D eigenvalue weighted by Crippen LogP contribution is 2.17. The Bertz CT molecular complexity index is 358. The highest BCUT2D eigenvalue weighted by atomic mass is 35.5. The SMILES string of the molecule is OCCN1CCCC[C@@H]1CNc1ccc(Cl)nn1. The summed E-state index contributed by atoms with van der Waals surface area (Å²) < 4.78 is 0. The van der Waals surface area contributed by atoms with Crippen molar-refractivity contribution < 1.29 is 5.11 Å². The molecule has 0 saturated carbocycles. The van der Waals surface area contributed by atoms with Crippen LogP contribution in [0.2, 0.25) is 5.15 Å². The smallest absolute Gasteiger partial charge is 0.151 e. The Morgan fingerprint density at radius 2 is 2.28 bits per heavy atom. The molecule has 0 aromatic carbocycles. The van der Waals surface area contributed by atoms with Crippen molar-refractivity contribution in [3.05, 3.63) is 17.3 Å². The monoisotopic (exact) mass is 270 g/mol. The lowest BCUT2D eigenvalue weighted by atomic mass is 10.0. The van der Waals surface area contributed by atoms with Gasteiger partial charge in [0.15, 0.2) is 5.15 Å². The van der Waals surface area contributed by atoms with E-state index in [1.54, 1.807) is 6.07 Å². The number of β-amino-alcohol motifs (C(OH)–C–C–N with tert-alkyl or cyclic N) is 1. The molecule has 100 valence electrons. The third-order valence-electron chi connectivity index (χ3n) is 3.29. The number of likely N-dealkylation sites (tertiary alicyclic amines) is 1. The Morgan fingerprint density at radius 3 is 3.00 bits per heavy atom. The number of aliphatic hydroxyl groups is 1. The lowest BCUT2D eigenvalue weighted by molar-refractivity contribution is 0.123. The van der Waals surface area contributed by atoms with Gasteiger partial charge in [-0.3, -0.25) is 4.90 Å². The molecule has 0 amide bonds. The van der Waals surface area contributed by atoms with Crippen molar-refractivity contribution in [1.29, 1.82) is 0 Å². The number of hydrogen-bond acceptors (Lipinski definition) is 5. The fourth-order valence-corrected chi connectivity index (χ4v) is 2.45. The van der Waals surface area contributed by atoms with Crippen molar-refractivity contribution >= 4 is 17.4 Å². The van der Waals surface area contributed by atoms with Crippen molar-refractivity contribution in [3.63, 3.8) is 0 Å². The van der Waals surface area contributed by atoms with Gasteiger partial charge >= 0.3 is 0 Å². The quantitative estimate of drug-likeness (QED) is 0.847. The van der Waals surface area contributed by atoms with Gasteiger partial charge in [0.1, 0.15) is 5.82 Å². The Morgan fingerprint density at radius 1 is 1.39 bits per heavy atom. The number of nitrogens with zero attached hydrogens (tertiary/aromatic N) is 3. The van der Waals surface area contributed by atoms with Gasteiger partial charge in [0.25, 0.3) is 0 Å². The first kappa shape index (κ1) is 13.5. The first-order chi connectivity index (χ1) is 8.79. The number of piperidine rings is 1. The van der Waals surface area contributed by atoms with Crippen LogP contribution in [-0.4, -0.2) is 52.5 Å². The standard InChI is InChI=1S/C12H19ClN4O/c13-11-4-5-12(16-15-11)14-9-10-3-1-2-6-17(10)7-8-18/h4-5,10,18H,1-3,6-9H2,(H,14,16)/t10-/m1/s1. The summed E-state index contributed by atoms with van der Waals surface area (Å²) in [4.78, 5) is 2.33. The van der Waals surface area contributed by atoms with Gasteiger partial charge in [-0.2, -0.15) is 0 Å². The van der Waals surface area contributed by atoms with E-state index in [1.807, 2.05) is 6.07 Å². The average molecular weight is 271 g/mol. The second-order valence-corrected chi connectivity index (χ2v) is 4.92. The van der Waals surface area contributed by atoms with E-state index in [2.05, 4.69) is 20.4 Å². The molecule has 5 nitrogen and oxygen atoms in total. The van der Waals surface area contributed by atoms with Crippen LogP contribution in [0.25, 0.3) is 0 Å². The van der Waals surface area contributed by atoms with Crippen LogP contribution >= 0.6 is 11.6 Å². The Labute approximate surface area is 112 Å². The van der Waals surface area contributed by atoms with Crippen LogP contribution in [0.5, 0.6) is 0 Å². The topological polar surface area (TPSA) is 61.3 Å². The molecule has 1 fully saturated rings.